The number of anilines is 1. The monoisotopic (exact) mass is 292 g/mol. The minimum Gasteiger partial charge on any atom is -0.341 e. The predicted octanol–water partition coefficient (Wildman–Crippen LogP) is 1.34. The van der Waals surface area contributed by atoms with Crippen LogP contribution in [0.4, 0.5) is 16.2 Å². The van der Waals surface area contributed by atoms with E-state index in [1.807, 2.05) is 0 Å². The minimum atomic E-state index is -0.567. The molecule has 1 aliphatic rings. The molecule has 2 rings (SSSR count). The second-order valence-corrected chi connectivity index (χ2v) is 4.70. The number of benzene rings is 1. The number of nitro benzene ring substituents is 1. The Bertz CT molecular complexity index is 555. The molecule has 0 aromatic heterocycles. The van der Waals surface area contributed by atoms with Gasteiger partial charge in [-0.2, -0.15) is 0 Å². The largest absolute Gasteiger partial charge is 0.341 e. The normalized spacial score (nSPS) is 13.8. The summed E-state index contributed by atoms with van der Waals surface area (Å²) in [5.41, 5.74) is 0.191. The zero-order valence-electron chi connectivity index (χ0n) is 11.4. The molecule has 0 unspecified atom stereocenters. The van der Waals surface area contributed by atoms with Crippen molar-refractivity contribution < 1.29 is 14.5 Å². The molecule has 0 radical (unpaired) electrons. The highest BCUT2D eigenvalue weighted by molar-refractivity contribution is 5.92. The van der Waals surface area contributed by atoms with Crippen LogP contribution in [-0.2, 0) is 4.79 Å². The van der Waals surface area contributed by atoms with Gasteiger partial charge in [0.25, 0.3) is 5.69 Å². The molecule has 1 aliphatic heterocycles. The van der Waals surface area contributed by atoms with Crippen molar-refractivity contribution in [3.05, 3.63) is 34.4 Å². The van der Waals surface area contributed by atoms with Crippen molar-refractivity contribution in [1.82, 2.24) is 10.2 Å². The maximum absolute atomic E-state index is 11.7. The van der Waals surface area contributed by atoms with Crippen LogP contribution in [0.3, 0.4) is 0 Å². The van der Waals surface area contributed by atoms with Gasteiger partial charge in [0, 0.05) is 30.9 Å². The Morgan fingerprint density at radius 2 is 2.00 bits per heavy atom. The average Bonchev–Trinajstić information content (AvgIpc) is 2.99. The maximum atomic E-state index is 11.7. The number of hydrogen-bond acceptors (Lipinski definition) is 4. The zero-order valence-corrected chi connectivity index (χ0v) is 11.4. The average molecular weight is 292 g/mol. The topological polar surface area (TPSA) is 105 Å². The molecule has 0 atom stereocenters. The molecule has 0 bridgehead atoms. The minimum absolute atomic E-state index is 0.0826. The third-order valence-corrected chi connectivity index (χ3v) is 3.17. The third kappa shape index (κ3) is 4.16. The van der Waals surface area contributed by atoms with Gasteiger partial charge in [0.15, 0.2) is 0 Å². The molecule has 21 heavy (non-hydrogen) atoms. The summed E-state index contributed by atoms with van der Waals surface area (Å²) < 4.78 is 0. The van der Waals surface area contributed by atoms with Crippen LogP contribution in [0.25, 0.3) is 0 Å². The van der Waals surface area contributed by atoms with E-state index in [1.54, 1.807) is 4.90 Å². The SMILES string of the molecule is O=C(NCC(=O)N1CCCC1)Nc1cccc([N+](=O)[O-])c1. The van der Waals surface area contributed by atoms with Gasteiger partial charge in [0.1, 0.15) is 0 Å². The zero-order chi connectivity index (χ0) is 15.2. The molecule has 1 heterocycles. The van der Waals surface area contributed by atoms with E-state index in [1.165, 1.54) is 24.3 Å². The fraction of sp³-hybridized carbons (Fsp3) is 0.385. The lowest BCUT2D eigenvalue weighted by molar-refractivity contribution is -0.384. The van der Waals surface area contributed by atoms with E-state index in [0.29, 0.717) is 5.69 Å². The number of rotatable bonds is 4. The van der Waals surface area contributed by atoms with Crippen LogP contribution in [0, 0.1) is 10.1 Å². The van der Waals surface area contributed by atoms with Crippen LogP contribution in [0.1, 0.15) is 12.8 Å². The second-order valence-electron chi connectivity index (χ2n) is 4.70. The van der Waals surface area contributed by atoms with Gasteiger partial charge in [0.05, 0.1) is 11.5 Å². The van der Waals surface area contributed by atoms with Crippen molar-refractivity contribution in [1.29, 1.82) is 0 Å². The molecule has 8 nitrogen and oxygen atoms in total. The summed E-state index contributed by atoms with van der Waals surface area (Å²) in [5, 5.41) is 15.5. The highest BCUT2D eigenvalue weighted by Gasteiger charge is 2.18. The Balaban J connectivity index is 1.82. The number of carbonyl (C=O) groups excluding carboxylic acids is 2. The fourth-order valence-electron chi connectivity index (χ4n) is 2.11. The second kappa shape index (κ2) is 6.69. The summed E-state index contributed by atoms with van der Waals surface area (Å²) in [4.78, 5) is 35.2. The van der Waals surface area contributed by atoms with Crippen LogP contribution in [0.5, 0.6) is 0 Å². The van der Waals surface area contributed by atoms with E-state index >= 15 is 0 Å². The summed E-state index contributed by atoms with van der Waals surface area (Å²) in [7, 11) is 0. The molecule has 1 saturated heterocycles. The number of amides is 3. The first-order valence-electron chi connectivity index (χ1n) is 6.63. The van der Waals surface area contributed by atoms with Gasteiger partial charge < -0.3 is 15.5 Å². The highest BCUT2D eigenvalue weighted by Crippen LogP contribution is 2.16. The van der Waals surface area contributed by atoms with E-state index in [0.717, 1.165) is 25.9 Å². The van der Waals surface area contributed by atoms with E-state index < -0.39 is 11.0 Å². The first-order valence-corrected chi connectivity index (χ1v) is 6.63. The first-order chi connectivity index (χ1) is 10.1. The van der Waals surface area contributed by atoms with Gasteiger partial charge >= 0.3 is 6.03 Å². The van der Waals surface area contributed by atoms with E-state index in [-0.39, 0.29) is 18.1 Å². The van der Waals surface area contributed by atoms with Gasteiger partial charge in [-0.1, -0.05) is 6.07 Å². The van der Waals surface area contributed by atoms with Crippen molar-refractivity contribution in [3.8, 4) is 0 Å². The fourth-order valence-corrected chi connectivity index (χ4v) is 2.11. The quantitative estimate of drug-likeness (QED) is 0.645. The summed E-state index contributed by atoms with van der Waals surface area (Å²) >= 11 is 0. The van der Waals surface area contributed by atoms with E-state index in [9.17, 15) is 19.7 Å². The summed E-state index contributed by atoms with van der Waals surface area (Å²) in [6.45, 7) is 1.38. The molecule has 3 amide bonds. The van der Waals surface area contributed by atoms with Crippen molar-refractivity contribution in [2.45, 2.75) is 12.8 Å². The smallest absolute Gasteiger partial charge is 0.319 e. The number of non-ortho nitro benzene ring substituents is 1. The van der Waals surface area contributed by atoms with Gasteiger partial charge in [-0.25, -0.2) is 4.79 Å². The van der Waals surface area contributed by atoms with Gasteiger partial charge in [-0.15, -0.1) is 0 Å². The predicted molar refractivity (Wildman–Crippen MR) is 75.9 cm³/mol. The molecule has 0 aliphatic carbocycles. The summed E-state index contributed by atoms with van der Waals surface area (Å²) in [5.74, 6) is -0.123. The van der Waals surface area contributed by atoms with Crippen molar-refractivity contribution in [2.75, 3.05) is 25.0 Å². The molecule has 1 aromatic carbocycles. The Morgan fingerprint density at radius 3 is 2.67 bits per heavy atom. The van der Waals surface area contributed by atoms with Gasteiger partial charge in [-0.05, 0) is 18.9 Å². The number of carbonyl (C=O) groups is 2. The van der Waals surface area contributed by atoms with Crippen LogP contribution in [-0.4, -0.2) is 41.4 Å². The van der Waals surface area contributed by atoms with Crippen LogP contribution >= 0.6 is 0 Å². The molecule has 1 fully saturated rings. The maximum Gasteiger partial charge on any atom is 0.319 e. The van der Waals surface area contributed by atoms with E-state index in [4.69, 9.17) is 0 Å². The molecular formula is C13H16N4O4. The Morgan fingerprint density at radius 1 is 1.29 bits per heavy atom. The molecule has 0 spiro atoms. The van der Waals surface area contributed by atoms with Crippen LogP contribution < -0.4 is 10.6 Å². The van der Waals surface area contributed by atoms with Crippen LogP contribution in [0.2, 0.25) is 0 Å². The number of hydrogen-bond donors (Lipinski definition) is 2. The Labute approximate surface area is 121 Å². The standard InChI is InChI=1S/C13H16N4O4/c18-12(16-6-1-2-7-16)9-14-13(19)15-10-4-3-5-11(8-10)17(20)21/h3-5,8H,1-2,6-7,9H2,(H2,14,15,19). The van der Waals surface area contributed by atoms with E-state index in [2.05, 4.69) is 10.6 Å². The molecule has 8 heteroatoms. The van der Waals surface area contributed by atoms with Gasteiger partial charge in [-0.3, -0.25) is 14.9 Å². The van der Waals surface area contributed by atoms with Crippen molar-refractivity contribution >= 4 is 23.3 Å². The summed E-state index contributed by atoms with van der Waals surface area (Å²) in [6, 6.07) is 5.03. The molecule has 112 valence electrons. The Kier molecular flexibility index (Phi) is 4.70. The van der Waals surface area contributed by atoms with Gasteiger partial charge in [0.2, 0.25) is 5.91 Å². The molecule has 2 N–H and O–H groups in total. The molecular weight excluding hydrogens is 276 g/mol. The lowest BCUT2D eigenvalue weighted by Gasteiger charge is -2.15. The lowest BCUT2D eigenvalue weighted by atomic mass is 10.3. The lowest BCUT2D eigenvalue weighted by Crippen LogP contribution is -2.40. The first kappa shape index (κ1) is 14.8. The summed E-state index contributed by atoms with van der Waals surface area (Å²) in [6.07, 6.45) is 1.98. The number of urea groups is 1. The Hall–Kier alpha value is -2.64. The van der Waals surface area contributed by atoms with Crippen LogP contribution in [0.15, 0.2) is 24.3 Å². The number of likely N-dealkylation sites (tertiary alicyclic amines) is 1. The van der Waals surface area contributed by atoms with Crippen molar-refractivity contribution in [2.24, 2.45) is 0 Å². The third-order valence-electron chi connectivity index (χ3n) is 3.17. The molecule has 1 aromatic rings. The number of nitrogens with zero attached hydrogens (tertiary/aromatic N) is 2. The highest BCUT2D eigenvalue weighted by atomic mass is 16.6. The molecule has 0 saturated carbocycles. The van der Waals surface area contributed by atoms with Crippen molar-refractivity contribution in [3.63, 3.8) is 0 Å². The number of nitro groups is 1. The number of nitrogens with one attached hydrogen (secondary N) is 2.